The molecular weight excluding hydrogens is 336 g/mol. The van der Waals surface area contributed by atoms with Crippen molar-refractivity contribution in [3.05, 3.63) is 12.2 Å². The van der Waals surface area contributed by atoms with Crippen molar-refractivity contribution >= 4 is 33.3 Å². The summed E-state index contributed by atoms with van der Waals surface area (Å²) >= 11 is 0. The van der Waals surface area contributed by atoms with Crippen LogP contribution in [-0.2, 0) is 20.3 Å². The van der Waals surface area contributed by atoms with Gasteiger partial charge in [0.15, 0.2) is 20.2 Å². The number of rotatable bonds is 5. The van der Waals surface area contributed by atoms with Crippen molar-refractivity contribution in [1.29, 1.82) is 0 Å². The minimum Gasteiger partial charge on any atom is -0.382 e. The first-order chi connectivity index (χ1) is 10.3. The van der Waals surface area contributed by atoms with Crippen molar-refractivity contribution in [2.75, 3.05) is 12.1 Å². The van der Waals surface area contributed by atoms with Gasteiger partial charge < -0.3 is 30.1 Å². The first kappa shape index (κ1) is 18.7. The van der Waals surface area contributed by atoms with Gasteiger partial charge in [0.05, 0.1) is 12.4 Å². The zero-order chi connectivity index (χ0) is 16.8. The normalized spacial score (nSPS) is 13.3. The highest BCUT2D eigenvalue weighted by Gasteiger charge is 2.17. The molecule has 6 N–H and O–H groups in total. The molecule has 2 atom stereocenters. The van der Waals surface area contributed by atoms with Crippen LogP contribution in [0.1, 0.15) is 12.7 Å². The summed E-state index contributed by atoms with van der Waals surface area (Å²) in [7, 11) is -5.67. The van der Waals surface area contributed by atoms with Crippen molar-refractivity contribution in [2.45, 2.75) is 19.4 Å². The number of aromatic amines is 1. The molecule has 0 spiro atoms. The summed E-state index contributed by atoms with van der Waals surface area (Å²) in [6.07, 6.45) is 0.678. The van der Waals surface area contributed by atoms with Crippen molar-refractivity contribution < 1.29 is 28.5 Å². The average molecular weight is 353 g/mol. The van der Waals surface area contributed by atoms with E-state index in [1.807, 2.05) is 0 Å². The molecule has 0 saturated heterocycles. The van der Waals surface area contributed by atoms with Gasteiger partial charge in [-0.05, 0) is 6.92 Å². The lowest BCUT2D eigenvalue weighted by Crippen LogP contribution is -2.15. The number of anilines is 1. The Bertz CT molecular complexity index is 674. The van der Waals surface area contributed by atoms with Crippen LogP contribution >= 0.6 is 16.3 Å². The molecule has 0 aliphatic rings. The van der Waals surface area contributed by atoms with Crippen LogP contribution in [0.5, 0.6) is 0 Å². The molecule has 11 nitrogen and oxygen atoms in total. The lowest BCUT2D eigenvalue weighted by molar-refractivity contribution is 0.0873. The highest BCUT2D eigenvalue weighted by atomic mass is 31.2. The van der Waals surface area contributed by atoms with Crippen LogP contribution in [0.2, 0.25) is 0 Å². The van der Waals surface area contributed by atoms with Gasteiger partial charge >= 0.3 is 7.60 Å². The van der Waals surface area contributed by atoms with E-state index in [-0.39, 0.29) is 12.2 Å². The number of nitrogen functional groups attached to an aromatic ring is 1. The number of hydrogen-bond acceptors (Lipinski definition) is 7. The number of H-pyrrole nitrogens is 1. The monoisotopic (exact) mass is 353 g/mol. The molecule has 22 heavy (non-hydrogen) atoms. The fourth-order valence-electron chi connectivity index (χ4n) is 1.53. The smallest absolute Gasteiger partial charge is 0.350 e. The zero-order valence-corrected chi connectivity index (χ0v) is 13.6. The second kappa shape index (κ2) is 8.33. The Labute approximate surface area is 126 Å². The van der Waals surface area contributed by atoms with Gasteiger partial charge in [-0.2, -0.15) is 0 Å². The molecule has 0 saturated carbocycles. The quantitative estimate of drug-likeness (QED) is 0.446. The van der Waals surface area contributed by atoms with Gasteiger partial charge in [0.2, 0.25) is 0 Å². The van der Waals surface area contributed by atoms with Crippen LogP contribution in [0.25, 0.3) is 11.2 Å². The topological polar surface area (TPSA) is 185 Å². The third-order valence-electron chi connectivity index (χ3n) is 2.36. The number of fused-ring (bicyclic) bond motifs is 1. The Hall–Kier alpha value is -1.35. The highest BCUT2D eigenvalue weighted by Crippen LogP contribution is 2.34. The molecule has 0 aromatic carbocycles. The molecule has 0 amide bonds. The number of hydrogen-bond donors (Lipinski definition) is 5. The van der Waals surface area contributed by atoms with E-state index in [1.165, 1.54) is 6.33 Å². The molecule has 0 aliphatic carbocycles. The van der Waals surface area contributed by atoms with Gasteiger partial charge in [-0.15, -0.1) is 0 Å². The average Bonchev–Trinajstić information content (AvgIpc) is 2.85. The Kier molecular flexibility index (Phi) is 7.08. The summed E-state index contributed by atoms with van der Waals surface area (Å²) < 4.78 is 24.3. The number of nitrogens with one attached hydrogen (secondary N) is 1. The number of nitrogens with two attached hydrogens (primary N) is 1. The number of aromatic nitrogens is 4. The fraction of sp³-hybridized carbons (Fsp3) is 0.444. The second-order valence-electron chi connectivity index (χ2n) is 4.21. The van der Waals surface area contributed by atoms with Crippen molar-refractivity contribution in [1.82, 2.24) is 19.9 Å². The maximum absolute atomic E-state index is 10.7. The van der Waals surface area contributed by atoms with Gasteiger partial charge in [-0.3, -0.25) is 9.13 Å². The molecule has 0 bridgehead atoms. The Balaban J connectivity index is 0.000000745. The first-order valence-corrected chi connectivity index (χ1v) is 8.75. The van der Waals surface area contributed by atoms with Gasteiger partial charge in [-0.25, -0.2) is 15.0 Å². The number of nitrogens with zero attached hydrogens (tertiary/aromatic N) is 3. The summed E-state index contributed by atoms with van der Waals surface area (Å²) in [5.41, 5.74) is 6.74. The van der Waals surface area contributed by atoms with Crippen molar-refractivity contribution in [2.24, 2.45) is 0 Å². The molecule has 2 aromatic heterocycles. The minimum atomic E-state index is -4.17. The Morgan fingerprint density at radius 1 is 1.50 bits per heavy atom. The maximum Gasteiger partial charge on any atom is 0.350 e. The Morgan fingerprint density at radius 3 is 2.73 bits per heavy atom. The van der Waals surface area contributed by atoms with Crippen LogP contribution in [0, 0.1) is 0 Å². The second-order valence-corrected chi connectivity index (χ2v) is 6.01. The fourth-order valence-corrected chi connectivity index (χ4v) is 1.98. The van der Waals surface area contributed by atoms with E-state index in [0.717, 1.165) is 0 Å². The standard InChI is InChI=1S/C9H14N5O4P.H3O2P/c1-5(18-4-19(15,16)17)2-6-13-8(10)7-9(14-6)12-3-11-7;1-3-2/h3,5H,2,4H2,1H3,(H2,15,16,17)(H3,10,11,12,13,14);3H2,(H,1,2). The van der Waals surface area contributed by atoms with E-state index in [1.54, 1.807) is 6.92 Å². The highest BCUT2D eigenvalue weighted by molar-refractivity contribution is 7.51. The third kappa shape index (κ3) is 6.18. The summed E-state index contributed by atoms with van der Waals surface area (Å²) in [4.78, 5) is 39.6. The molecule has 13 heteroatoms. The van der Waals surface area contributed by atoms with Gasteiger partial charge in [0, 0.05) is 6.42 Å². The van der Waals surface area contributed by atoms with Crippen LogP contribution in [0.3, 0.4) is 0 Å². The largest absolute Gasteiger partial charge is 0.382 e. The predicted molar refractivity (Wildman–Crippen MR) is 79.9 cm³/mol. The van der Waals surface area contributed by atoms with E-state index in [2.05, 4.69) is 19.9 Å². The Morgan fingerprint density at radius 2 is 2.14 bits per heavy atom. The van der Waals surface area contributed by atoms with Crippen LogP contribution in [0.4, 0.5) is 5.82 Å². The van der Waals surface area contributed by atoms with E-state index in [4.69, 9.17) is 29.7 Å². The van der Waals surface area contributed by atoms with E-state index < -0.39 is 28.7 Å². The molecule has 124 valence electrons. The molecule has 2 aromatic rings. The lowest BCUT2D eigenvalue weighted by atomic mass is 10.2. The molecule has 2 rings (SSSR count). The van der Waals surface area contributed by atoms with Crippen molar-refractivity contribution in [3.63, 3.8) is 0 Å². The minimum absolute atomic E-state index is 0.277. The third-order valence-corrected chi connectivity index (χ3v) is 2.84. The van der Waals surface area contributed by atoms with E-state index in [0.29, 0.717) is 17.0 Å². The number of ether oxygens (including phenoxy) is 1. The van der Waals surface area contributed by atoms with Crippen LogP contribution in [0.15, 0.2) is 6.33 Å². The molecule has 0 aliphatic heterocycles. The maximum atomic E-state index is 10.7. The van der Waals surface area contributed by atoms with E-state index in [9.17, 15) is 4.57 Å². The summed E-state index contributed by atoms with van der Waals surface area (Å²) in [6.45, 7) is 1.67. The van der Waals surface area contributed by atoms with Crippen LogP contribution in [-0.4, -0.2) is 47.1 Å². The molecule has 0 fully saturated rings. The molecular formula is C9H17N5O6P2. The summed E-state index contributed by atoms with van der Waals surface area (Å²) in [5, 5.41) is 0. The van der Waals surface area contributed by atoms with Gasteiger partial charge in [0.25, 0.3) is 0 Å². The molecule has 0 radical (unpaired) electrons. The number of imidazole rings is 1. The molecule has 2 unspecified atom stereocenters. The van der Waals surface area contributed by atoms with Crippen LogP contribution < -0.4 is 5.73 Å². The SMILES string of the molecule is CC(Cc1nc(N)c2[nH]cnc2n1)OCP(=O)(O)O.O=[PH2]O. The van der Waals surface area contributed by atoms with Crippen molar-refractivity contribution in [3.8, 4) is 0 Å². The van der Waals surface area contributed by atoms with Gasteiger partial charge in [0.1, 0.15) is 17.7 Å². The lowest BCUT2D eigenvalue weighted by Gasteiger charge is -2.12. The first-order valence-electron chi connectivity index (χ1n) is 5.96. The summed E-state index contributed by atoms with van der Waals surface area (Å²) in [5.74, 6) is 0.690. The molecule has 2 heterocycles. The van der Waals surface area contributed by atoms with E-state index >= 15 is 0 Å². The zero-order valence-electron chi connectivity index (χ0n) is 11.6. The summed E-state index contributed by atoms with van der Waals surface area (Å²) in [6, 6.07) is 0. The predicted octanol–water partition coefficient (Wildman–Crippen LogP) is -0.332. The van der Waals surface area contributed by atoms with Gasteiger partial charge in [-0.1, -0.05) is 0 Å².